The van der Waals surface area contributed by atoms with E-state index in [-0.39, 0.29) is 0 Å². The molecule has 52 valence electrons. The number of hydrogen-bond donors (Lipinski definition) is 0. The van der Waals surface area contributed by atoms with Crippen molar-refractivity contribution in [3.63, 3.8) is 0 Å². The normalized spacial score (nSPS) is 12.9. The zero-order valence-corrected chi connectivity index (χ0v) is 11.2. The SMILES string of the molecule is CI(CI)I(C)N=O. The minimum atomic E-state index is -1.21. The molecular weight excluding hydrogens is 447 g/mol. The van der Waals surface area contributed by atoms with Crippen LogP contribution in [0.25, 0.3) is 0 Å². The zero-order chi connectivity index (χ0) is 6.57. The molecule has 0 heterocycles. The van der Waals surface area contributed by atoms with Gasteiger partial charge in [-0.15, -0.1) is 0 Å². The molecule has 0 aromatic heterocycles. The van der Waals surface area contributed by atoms with Gasteiger partial charge in [0.15, 0.2) is 0 Å². The molecule has 0 atom stereocenters. The Bertz CT molecular complexity index is 78.9. The summed E-state index contributed by atoms with van der Waals surface area (Å²) in [7, 11) is 0. The van der Waals surface area contributed by atoms with E-state index < -0.39 is 32.0 Å². The van der Waals surface area contributed by atoms with E-state index in [1.165, 1.54) is 2.43 Å². The first-order valence-corrected chi connectivity index (χ1v) is 16.4. The summed E-state index contributed by atoms with van der Waals surface area (Å²) in [4.78, 5) is 14.3. The van der Waals surface area contributed by atoms with E-state index in [1.54, 1.807) is 0 Å². The Hall–Kier alpha value is 1.79. The summed E-state index contributed by atoms with van der Waals surface area (Å²) in [6.07, 6.45) is 0. The number of nitrogens with zero attached hydrogens (tertiary/aromatic N) is 1. The van der Waals surface area contributed by atoms with E-state index in [1.807, 2.05) is 0 Å². The van der Waals surface area contributed by atoms with Crippen LogP contribution in [0.5, 0.6) is 0 Å². The summed E-state index contributed by atoms with van der Waals surface area (Å²) in [5, 5.41) is 0. The fourth-order valence-electron chi connectivity index (χ4n) is 0.0998. The van der Waals surface area contributed by atoms with Crippen molar-refractivity contribution < 1.29 is 0 Å². The summed E-state index contributed by atoms with van der Waals surface area (Å²) in [5.41, 5.74) is 0. The molecule has 0 bridgehead atoms. The monoisotopic (exact) mass is 455 g/mol. The van der Waals surface area contributed by atoms with Gasteiger partial charge >= 0.3 is 75.1 Å². The molecule has 0 saturated carbocycles. The molecule has 0 unspecified atom stereocenters. The Morgan fingerprint density at radius 1 is 1.62 bits per heavy atom. The number of nitroso groups, excluding NO2 is 1. The minimum absolute atomic E-state index is 0.764. The van der Waals surface area contributed by atoms with Gasteiger partial charge in [0.25, 0.3) is 0 Å². The third-order valence-electron chi connectivity index (χ3n) is 0.587. The molecule has 0 aromatic rings. The fraction of sp³-hybridized carbons (Fsp3) is 1.00. The maximum atomic E-state index is 9.96. The third-order valence-corrected chi connectivity index (χ3v) is 33.6. The molecule has 2 nitrogen and oxygen atoms in total. The Morgan fingerprint density at radius 3 is 2.25 bits per heavy atom. The molecule has 0 saturated heterocycles. The van der Waals surface area contributed by atoms with Gasteiger partial charge < -0.3 is 0 Å². The second kappa shape index (κ2) is 5.57. The van der Waals surface area contributed by atoms with Gasteiger partial charge in [-0.1, -0.05) is 0 Å². The molecule has 0 aliphatic heterocycles. The van der Waals surface area contributed by atoms with E-state index in [4.69, 9.17) is 0 Å². The quantitative estimate of drug-likeness (QED) is 0.366. The first kappa shape index (κ1) is 9.79. The average Bonchev–Trinajstić information content (AvgIpc) is 1.84. The van der Waals surface area contributed by atoms with Crippen LogP contribution in [0.1, 0.15) is 0 Å². The Kier molecular flexibility index (Phi) is 6.81. The molecule has 8 heavy (non-hydrogen) atoms. The molecule has 0 radical (unpaired) electrons. The van der Waals surface area contributed by atoms with Crippen LogP contribution < -0.4 is 0 Å². The van der Waals surface area contributed by atoms with Crippen LogP contribution in [0, 0.1) is 4.91 Å². The Labute approximate surface area is 73.8 Å². The van der Waals surface area contributed by atoms with Crippen LogP contribution in [0.3, 0.4) is 0 Å². The molecule has 0 spiro atoms. The predicted octanol–water partition coefficient (Wildman–Crippen LogP) is 3.25. The summed E-state index contributed by atoms with van der Waals surface area (Å²) >= 11 is 0.389. The molecule has 0 aliphatic rings. The van der Waals surface area contributed by atoms with Crippen molar-refractivity contribution in [2.45, 2.75) is 0 Å². The van der Waals surface area contributed by atoms with Gasteiger partial charge in [-0.25, -0.2) is 0 Å². The van der Waals surface area contributed by atoms with Crippen LogP contribution in [-0.4, -0.2) is 12.3 Å². The van der Waals surface area contributed by atoms with Crippen molar-refractivity contribution in [1.82, 2.24) is 0 Å². The third kappa shape index (κ3) is 3.75. The van der Waals surface area contributed by atoms with Crippen LogP contribution in [0.2, 0.25) is 0 Å². The van der Waals surface area contributed by atoms with E-state index in [0.29, 0.717) is 0 Å². The van der Waals surface area contributed by atoms with Crippen molar-refractivity contribution in [3.8, 4) is 0 Å². The zero-order valence-electron chi connectivity index (χ0n) is 4.70. The number of alkyl halides is 4. The van der Waals surface area contributed by atoms with E-state index in [0.717, 1.165) is 0 Å². The average molecular weight is 455 g/mol. The van der Waals surface area contributed by atoms with Crippen molar-refractivity contribution in [2.24, 2.45) is 3.39 Å². The van der Waals surface area contributed by atoms with Crippen LogP contribution in [0.4, 0.5) is 0 Å². The van der Waals surface area contributed by atoms with E-state index in [9.17, 15) is 4.91 Å². The van der Waals surface area contributed by atoms with Crippen molar-refractivity contribution in [3.05, 3.63) is 4.91 Å². The topological polar surface area (TPSA) is 29.4 Å². The van der Waals surface area contributed by atoms with Gasteiger partial charge in [0.05, 0.1) is 0 Å². The van der Waals surface area contributed by atoms with Crippen molar-refractivity contribution >= 4 is 54.6 Å². The molecule has 0 amide bonds. The van der Waals surface area contributed by atoms with Gasteiger partial charge in [0, 0.05) is 0 Å². The van der Waals surface area contributed by atoms with Crippen molar-refractivity contribution in [1.29, 1.82) is 0 Å². The second-order valence-electron chi connectivity index (χ2n) is 1.06. The molecular formula is C3H8I3NO. The summed E-state index contributed by atoms with van der Waals surface area (Å²) in [6.45, 7) is 0. The summed E-state index contributed by atoms with van der Waals surface area (Å²) in [6, 6.07) is 0. The van der Waals surface area contributed by atoms with Crippen LogP contribution in [0.15, 0.2) is 3.39 Å². The van der Waals surface area contributed by atoms with Gasteiger partial charge in [-0.3, -0.25) is 0 Å². The Morgan fingerprint density at radius 2 is 2.12 bits per heavy atom. The van der Waals surface area contributed by atoms with E-state index in [2.05, 4.69) is 35.8 Å². The number of halogens is 3. The predicted molar refractivity (Wildman–Crippen MR) is 64.6 cm³/mol. The number of rotatable bonds is 3. The van der Waals surface area contributed by atoms with Crippen LogP contribution in [-0.2, 0) is 0 Å². The van der Waals surface area contributed by atoms with Crippen LogP contribution >= 0.6 is 54.6 Å². The first-order valence-electron chi connectivity index (χ1n) is 1.78. The van der Waals surface area contributed by atoms with Crippen molar-refractivity contribution in [2.75, 3.05) is 12.3 Å². The molecule has 0 rings (SSSR count). The molecule has 0 N–H and O–H groups in total. The first-order chi connectivity index (χ1) is 3.72. The molecule has 0 aliphatic carbocycles. The standard InChI is InChI=1S/C3H8I3NO/c1-5(3-4)6(2)7-8/h3H2,1-2H3. The van der Waals surface area contributed by atoms with Gasteiger partial charge in [0.2, 0.25) is 0 Å². The maximum absolute atomic E-state index is 9.96. The molecule has 0 aromatic carbocycles. The van der Waals surface area contributed by atoms with Gasteiger partial charge in [-0.05, 0) is 0 Å². The molecule has 5 heteroatoms. The second-order valence-corrected chi connectivity index (χ2v) is 28.2. The van der Waals surface area contributed by atoms with Gasteiger partial charge in [-0.2, -0.15) is 0 Å². The van der Waals surface area contributed by atoms with E-state index >= 15 is 0 Å². The Balaban J connectivity index is 3.44. The van der Waals surface area contributed by atoms with Gasteiger partial charge in [0.1, 0.15) is 0 Å². The summed E-state index contributed by atoms with van der Waals surface area (Å²) < 4.78 is 4.36. The number of hydrogen-bond acceptors (Lipinski definition) is 2. The summed E-state index contributed by atoms with van der Waals surface area (Å²) in [5.74, 6) is 0. The molecule has 0 fully saturated rings. The fourth-order valence-corrected chi connectivity index (χ4v) is 18.7.